The van der Waals surface area contributed by atoms with Gasteiger partial charge in [0.2, 0.25) is 11.9 Å². The summed E-state index contributed by atoms with van der Waals surface area (Å²) in [7, 11) is 3.51. The maximum absolute atomic E-state index is 13.1. The van der Waals surface area contributed by atoms with Gasteiger partial charge in [-0.3, -0.25) is 9.48 Å². The number of amides is 1. The van der Waals surface area contributed by atoms with Crippen molar-refractivity contribution in [1.29, 1.82) is 0 Å². The van der Waals surface area contributed by atoms with Crippen LogP contribution in [0.5, 0.6) is 5.75 Å². The van der Waals surface area contributed by atoms with Gasteiger partial charge in [0, 0.05) is 43.5 Å². The number of benzene rings is 1. The SMILES string of the molecule is COc1ccc(CCC(=O)N2CCCC2c2nc(N)ncc2-c2cnn(C)c2)cc1. The number of aryl methyl sites for hydroxylation is 2. The number of hydrogen-bond donors (Lipinski definition) is 1. The molecule has 1 fully saturated rings. The number of hydrogen-bond acceptors (Lipinski definition) is 6. The summed E-state index contributed by atoms with van der Waals surface area (Å²) in [4.78, 5) is 23.7. The molecule has 1 saturated heterocycles. The number of carbonyl (C=O) groups excluding carboxylic acids is 1. The number of nitrogens with zero attached hydrogens (tertiary/aromatic N) is 5. The fourth-order valence-electron chi connectivity index (χ4n) is 3.98. The Hall–Kier alpha value is -3.42. The molecule has 1 aromatic carbocycles. The molecule has 8 nitrogen and oxygen atoms in total. The zero-order chi connectivity index (χ0) is 21.1. The molecule has 156 valence electrons. The molecule has 1 atom stereocenters. The van der Waals surface area contributed by atoms with Crippen LogP contribution in [0, 0.1) is 0 Å². The first-order valence-electron chi connectivity index (χ1n) is 10.1. The smallest absolute Gasteiger partial charge is 0.223 e. The molecule has 0 bridgehead atoms. The van der Waals surface area contributed by atoms with E-state index in [9.17, 15) is 4.79 Å². The van der Waals surface area contributed by atoms with Crippen molar-refractivity contribution in [2.75, 3.05) is 19.4 Å². The second kappa shape index (κ2) is 8.52. The molecule has 2 N–H and O–H groups in total. The monoisotopic (exact) mass is 406 g/mol. The predicted octanol–water partition coefficient (Wildman–Crippen LogP) is 2.76. The molecule has 0 spiro atoms. The summed E-state index contributed by atoms with van der Waals surface area (Å²) < 4.78 is 6.93. The number of carbonyl (C=O) groups is 1. The van der Waals surface area contributed by atoms with Gasteiger partial charge < -0.3 is 15.4 Å². The summed E-state index contributed by atoms with van der Waals surface area (Å²) in [6.07, 6.45) is 8.37. The van der Waals surface area contributed by atoms with Gasteiger partial charge >= 0.3 is 0 Å². The highest BCUT2D eigenvalue weighted by Crippen LogP contribution is 2.37. The molecular weight excluding hydrogens is 380 g/mol. The highest BCUT2D eigenvalue weighted by molar-refractivity contribution is 5.78. The van der Waals surface area contributed by atoms with E-state index >= 15 is 0 Å². The number of likely N-dealkylation sites (tertiary alicyclic amines) is 1. The molecule has 3 aromatic rings. The first kappa shape index (κ1) is 19.9. The van der Waals surface area contributed by atoms with E-state index in [0.29, 0.717) is 12.8 Å². The standard InChI is InChI=1S/C22H26N6O2/c1-27-14-16(12-25-27)18-13-24-22(23)26-21(18)19-4-3-11-28(19)20(29)10-7-15-5-8-17(30-2)9-6-15/h5-6,8-9,12-14,19H,3-4,7,10-11H2,1-2H3,(H2,23,24,26). The van der Waals surface area contributed by atoms with Crippen LogP contribution in [-0.2, 0) is 18.3 Å². The lowest BCUT2D eigenvalue weighted by atomic mass is 10.0. The first-order valence-corrected chi connectivity index (χ1v) is 10.1. The zero-order valence-corrected chi connectivity index (χ0v) is 17.3. The van der Waals surface area contributed by atoms with Crippen molar-refractivity contribution in [2.24, 2.45) is 7.05 Å². The number of nitrogens with two attached hydrogens (primary N) is 1. The summed E-state index contributed by atoms with van der Waals surface area (Å²) in [6.45, 7) is 0.725. The van der Waals surface area contributed by atoms with Gasteiger partial charge in [0.15, 0.2) is 0 Å². The summed E-state index contributed by atoms with van der Waals surface area (Å²) >= 11 is 0. The molecule has 1 aliphatic heterocycles. The van der Waals surface area contributed by atoms with Gasteiger partial charge in [-0.2, -0.15) is 5.10 Å². The Kier molecular flexibility index (Phi) is 5.65. The largest absolute Gasteiger partial charge is 0.497 e. The molecule has 4 rings (SSSR count). The Morgan fingerprint density at radius 1 is 1.27 bits per heavy atom. The number of ether oxygens (including phenoxy) is 1. The third-order valence-electron chi connectivity index (χ3n) is 5.53. The molecule has 8 heteroatoms. The third-order valence-corrected chi connectivity index (χ3v) is 5.53. The van der Waals surface area contributed by atoms with Crippen LogP contribution >= 0.6 is 0 Å². The summed E-state index contributed by atoms with van der Waals surface area (Å²) in [6, 6.07) is 7.73. The average molecular weight is 406 g/mol. The second-order valence-corrected chi connectivity index (χ2v) is 7.52. The predicted molar refractivity (Wildman–Crippen MR) is 114 cm³/mol. The Balaban J connectivity index is 1.53. The highest BCUT2D eigenvalue weighted by Gasteiger charge is 2.33. The summed E-state index contributed by atoms with van der Waals surface area (Å²) in [5.41, 5.74) is 9.61. The molecule has 1 aliphatic rings. The molecule has 1 amide bonds. The van der Waals surface area contributed by atoms with Gasteiger partial charge in [-0.15, -0.1) is 0 Å². The van der Waals surface area contributed by atoms with Gasteiger partial charge in [0.05, 0.1) is 25.0 Å². The zero-order valence-electron chi connectivity index (χ0n) is 17.3. The van der Waals surface area contributed by atoms with Gasteiger partial charge in [0.25, 0.3) is 0 Å². The average Bonchev–Trinajstić information content (AvgIpc) is 3.41. The van der Waals surface area contributed by atoms with Gasteiger partial charge in [0.1, 0.15) is 5.75 Å². The molecular formula is C22H26N6O2. The lowest BCUT2D eigenvalue weighted by Gasteiger charge is -2.26. The highest BCUT2D eigenvalue weighted by atomic mass is 16.5. The van der Waals surface area contributed by atoms with Crippen molar-refractivity contribution in [3.63, 3.8) is 0 Å². The van der Waals surface area contributed by atoms with Crippen LogP contribution < -0.4 is 10.5 Å². The lowest BCUT2D eigenvalue weighted by molar-refractivity contribution is -0.132. The second-order valence-electron chi connectivity index (χ2n) is 7.52. The van der Waals surface area contributed by atoms with Gasteiger partial charge in [-0.05, 0) is 37.0 Å². The van der Waals surface area contributed by atoms with Gasteiger partial charge in [-0.1, -0.05) is 12.1 Å². The number of nitrogen functional groups attached to an aromatic ring is 1. The Morgan fingerprint density at radius 2 is 2.07 bits per heavy atom. The lowest BCUT2D eigenvalue weighted by Crippen LogP contribution is -2.31. The summed E-state index contributed by atoms with van der Waals surface area (Å²) in [5.74, 6) is 1.16. The van der Waals surface area contributed by atoms with E-state index in [0.717, 1.165) is 47.5 Å². The maximum Gasteiger partial charge on any atom is 0.223 e. The van der Waals surface area contributed by atoms with Crippen LogP contribution in [0.3, 0.4) is 0 Å². The molecule has 0 radical (unpaired) electrons. The fourth-order valence-corrected chi connectivity index (χ4v) is 3.98. The number of anilines is 1. The quantitative estimate of drug-likeness (QED) is 0.676. The maximum atomic E-state index is 13.1. The first-order chi connectivity index (χ1) is 14.5. The van der Waals surface area contributed by atoms with Crippen molar-refractivity contribution < 1.29 is 9.53 Å². The van der Waals surface area contributed by atoms with Crippen LogP contribution in [0.25, 0.3) is 11.1 Å². The minimum atomic E-state index is -0.103. The van der Waals surface area contributed by atoms with E-state index in [1.165, 1.54) is 0 Å². The van der Waals surface area contributed by atoms with E-state index in [2.05, 4.69) is 15.1 Å². The van der Waals surface area contributed by atoms with Crippen LogP contribution in [-0.4, -0.2) is 44.2 Å². The molecule has 2 aromatic heterocycles. The van der Waals surface area contributed by atoms with Crippen LogP contribution in [0.1, 0.15) is 36.6 Å². The van der Waals surface area contributed by atoms with Crippen LogP contribution in [0.15, 0.2) is 42.9 Å². The summed E-state index contributed by atoms with van der Waals surface area (Å²) in [5, 5.41) is 4.25. The molecule has 3 heterocycles. The van der Waals surface area contributed by atoms with Crippen molar-refractivity contribution in [3.05, 3.63) is 54.1 Å². The molecule has 0 aliphatic carbocycles. The van der Waals surface area contributed by atoms with E-state index < -0.39 is 0 Å². The molecule has 0 saturated carbocycles. The van der Waals surface area contributed by atoms with E-state index in [4.69, 9.17) is 10.5 Å². The fraction of sp³-hybridized carbons (Fsp3) is 0.364. The minimum absolute atomic E-state index is 0.103. The Morgan fingerprint density at radius 3 is 2.77 bits per heavy atom. The van der Waals surface area contributed by atoms with Gasteiger partial charge in [-0.25, -0.2) is 9.97 Å². The number of aromatic nitrogens is 4. The molecule has 30 heavy (non-hydrogen) atoms. The van der Waals surface area contributed by atoms with E-state index in [-0.39, 0.29) is 17.9 Å². The minimum Gasteiger partial charge on any atom is -0.497 e. The van der Waals surface area contributed by atoms with Crippen LogP contribution in [0.2, 0.25) is 0 Å². The number of rotatable bonds is 6. The Labute approximate surface area is 175 Å². The van der Waals surface area contributed by atoms with Crippen molar-refractivity contribution in [3.8, 4) is 16.9 Å². The Bertz CT molecular complexity index is 1030. The van der Waals surface area contributed by atoms with E-state index in [1.807, 2.05) is 42.4 Å². The van der Waals surface area contributed by atoms with Crippen LogP contribution in [0.4, 0.5) is 5.95 Å². The number of methoxy groups -OCH3 is 1. The molecule has 1 unspecified atom stereocenters. The van der Waals surface area contributed by atoms with Crippen molar-refractivity contribution in [2.45, 2.75) is 31.7 Å². The van der Waals surface area contributed by atoms with E-state index in [1.54, 1.807) is 24.2 Å². The third kappa shape index (κ3) is 4.12. The topological polar surface area (TPSA) is 99.2 Å². The normalized spacial score (nSPS) is 16.1. The van der Waals surface area contributed by atoms with Crippen molar-refractivity contribution >= 4 is 11.9 Å². The van der Waals surface area contributed by atoms with Crippen molar-refractivity contribution in [1.82, 2.24) is 24.6 Å².